The molecular weight excluding hydrogens is 400 g/mol. The van der Waals surface area contributed by atoms with Crippen molar-refractivity contribution in [2.45, 2.75) is 4.90 Å². The van der Waals surface area contributed by atoms with E-state index in [0.717, 1.165) is 4.90 Å². The summed E-state index contributed by atoms with van der Waals surface area (Å²) in [6, 6.07) is 13.9. The Labute approximate surface area is 171 Å². The number of nitrogens with one attached hydrogen (secondary N) is 1. The van der Waals surface area contributed by atoms with Crippen molar-refractivity contribution < 1.29 is 19.1 Å². The molecule has 0 fully saturated rings. The van der Waals surface area contributed by atoms with Crippen molar-refractivity contribution in [1.82, 2.24) is 4.98 Å². The third kappa shape index (κ3) is 4.74. The summed E-state index contributed by atoms with van der Waals surface area (Å²) in [5.41, 5.74) is 1.27. The zero-order valence-corrected chi connectivity index (χ0v) is 16.8. The number of aromatic nitrogens is 1. The van der Waals surface area contributed by atoms with Gasteiger partial charge in [-0.1, -0.05) is 17.7 Å². The van der Waals surface area contributed by atoms with E-state index >= 15 is 0 Å². The van der Waals surface area contributed by atoms with Crippen LogP contribution in [0.5, 0.6) is 5.75 Å². The number of methoxy groups -OCH3 is 1. The van der Waals surface area contributed by atoms with Crippen LogP contribution in [0.3, 0.4) is 0 Å². The van der Waals surface area contributed by atoms with Crippen LogP contribution in [0.2, 0.25) is 5.02 Å². The highest BCUT2D eigenvalue weighted by Crippen LogP contribution is 2.28. The van der Waals surface area contributed by atoms with Gasteiger partial charge in [-0.3, -0.25) is 4.79 Å². The van der Waals surface area contributed by atoms with Crippen molar-refractivity contribution in [3.8, 4) is 5.75 Å². The van der Waals surface area contributed by atoms with E-state index in [1.54, 1.807) is 36.0 Å². The number of anilines is 1. The average Bonchev–Trinajstić information content (AvgIpc) is 2.71. The quantitative estimate of drug-likeness (QED) is 0.473. The van der Waals surface area contributed by atoms with Gasteiger partial charge in [-0.15, -0.1) is 11.8 Å². The van der Waals surface area contributed by atoms with Crippen LogP contribution < -0.4 is 10.1 Å². The molecule has 0 atom stereocenters. The minimum Gasteiger partial charge on any atom is -0.483 e. The average molecular weight is 417 g/mol. The van der Waals surface area contributed by atoms with Crippen LogP contribution in [0.15, 0.2) is 53.4 Å². The molecule has 0 spiro atoms. The normalized spacial score (nSPS) is 10.5. The summed E-state index contributed by atoms with van der Waals surface area (Å²) in [5, 5.41) is 3.87. The number of halogens is 1. The minimum absolute atomic E-state index is 0.0837. The predicted octanol–water partition coefficient (Wildman–Crippen LogP) is 4.41. The molecule has 28 heavy (non-hydrogen) atoms. The number of nitrogens with zero attached hydrogens (tertiary/aromatic N) is 1. The van der Waals surface area contributed by atoms with E-state index in [2.05, 4.69) is 10.3 Å². The van der Waals surface area contributed by atoms with Crippen LogP contribution in [0.25, 0.3) is 10.9 Å². The van der Waals surface area contributed by atoms with Crippen LogP contribution in [0, 0.1) is 0 Å². The number of hydrogen-bond donors (Lipinski definition) is 1. The number of fused-ring (bicyclic) bond motifs is 1. The molecule has 0 unspecified atom stereocenters. The Bertz CT molecular complexity index is 1040. The Hall–Kier alpha value is -2.77. The van der Waals surface area contributed by atoms with Gasteiger partial charge in [0.1, 0.15) is 5.75 Å². The number of carbonyl (C=O) groups excluding carboxylic acids is 2. The van der Waals surface area contributed by atoms with Crippen LogP contribution in [0.4, 0.5) is 5.69 Å². The maximum absolute atomic E-state index is 12.3. The summed E-state index contributed by atoms with van der Waals surface area (Å²) in [4.78, 5) is 29.4. The first-order chi connectivity index (χ1) is 13.5. The van der Waals surface area contributed by atoms with Crippen molar-refractivity contribution in [1.29, 1.82) is 0 Å². The van der Waals surface area contributed by atoms with E-state index in [9.17, 15) is 9.59 Å². The number of hydrogen-bond acceptors (Lipinski definition) is 6. The molecular formula is C20H17ClN2O4S. The first-order valence-corrected chi connectivity index (χ1v) is 9.86. The summed E-state index contributed by atoms with van der Waals surface area (Å²) < 4.78 is 10.4. The number of pyridine rings is 1. The number of carbonyl (C=O) groups is 2. The molecule has 0 saturated heterocycles. The lowest BCUT2D eigenvalue weighted by Crippen LogP contribution is -2.20. The Kier molecular flexibility index (Phi) is 6.38. The Morgan fingerprint density at radius 1 is 1.18 bits per heavy atom. The summed E-state index contributed by atoms with van der Waals surface area (Å²) in [6.45, 7) is -0.240. The third-order valence-corrected chi connectivity index (χ3v) is 4.80. The van der Waals surface area contributed by atoms with Gasteiger partial charge in [0, 0.05) is 27.1 Å². The summed E-state index contributed by atoms with van der Waals surface area (Å²) in [7, 11) is 1.27. The van der Waals surface area contributed by atoms with Crippen LogP contribution in [-0.4, -0.2) is 36.8 Å². The topological polar surface area (TPSA) is 77.5 Å². The second-order valence-corrected chi connectivity index (χ2v) is 7.04. The highest BCUT2D eigenvalue weighted by Gasteiger charge is 2.15. The lowest BCUT2D eigenvalue weighted by Gasteiger charge is -2.12. The van der Waals surface area contributed by atoms with Gasteiger partial charge in [-0.05, 0) is 42.7 Å². The van der Waals surface area contributed by atoms with Crippen molar-refractivity contribution in [3.63, 3.8) is 0 Å². The summed E-state index contributed by atoms with van der Waals surface area (Å²) in [5.74, 6) is -0.606. The molecule has 8 heteroatoms. The molecule has 144 valence electrons. The molecule has 1 aromatic heterocycles. The van der Waals surface area contributed by atoms with Gasteiger partial charge in [-0.2, -0.15) is 0 Å². The number of amides is 1. The van der Waals surface area contributed by atoms with Gasteiger partial charge in [0.05, 0.1) is 12.6 Å². The smallest absolute Gasteiger partial charge is 0.356 e. The third-order valence-electron chi connectivity index (χ3n) is 3.84. The molecule has 6 nitrogen and oxygen atoms in total. The zero-order valence-electron chi connectivity index (χ0n) is 15.2. The molecule has 0 bridgehead atoms. The molecule has 1 amide bonds. The number of rotatable bonds is 6. The van der Waals surface area contributed by atoms with E-state index < -0.39 is 5.97 Å². The van der Waals surface area contributed by atoms with Gasteiger partial charge in [0.2, 0.25) is 0 Å². The number of ether oxygens (including phenoxy) is 2. The van der Waals surface area contributed by atoms with Gasteiger partial charge >= 0.3 is 5.97 Å². The van der Waals surface area contributed by atoms with E-state index in [-0.39, 0.29) is 18.2 Å². The molecule has 0 aliphatic heterocycles. The second-order valence-electron chi connectivity index (χ2n) is 5.73. The summed E-state index contributed by atoms with van der Waals surface area (Å²) >= 11 is 7.65. The van der Waals surface area contributed by atoms with E-state index in [1.165, 1.54) is 13.2 Å². The number of benzene rings is 2. The Morgan fingerprint density at radius 2 is 2.00 bits per heavy atom. The zero-order chi connectivity index (χ0) is 20.1. The van der Waals surface area contributed by atoms with Gasteiger partial charge in [-0.25, -0.2) is 9.78 Å². The second kappa shape index (κ2) is 8.95. The molecule has 3 rings (SSSR count). The maximum atomic E-state index is 12.3. The Balaban J connectivity index is 1.81. The molecule has 0 aliphatic rings. The highest BCUT2D eigenvalue weighted by atomic mass is 35.5. The first kappa shape index (κ1) is 20.0. The molecule has 1 heterocycles. The predicted molar refractivity (Wildman–Crippen MR) is 110 cm³/mol. The fraction of sp³-hybridized carbons (Fsp3) is 0.150. The van der Waals surface area contributed by atoms with E-state index in [4.69, 9.17) is 21.1 Å². The summed E-state index contributed by atoms with van der Waals surface area (Å²) in [6.07, 6.45) is 1.96. The monoisotopic (exact) mass is 416 g/mol. The van der Waals surface area contributed by atoms with E-state index in [0.29, 0.717) is 27.4 Å². The van der Waals surface area contributed by atoms with E-state index in [1.807, 2.05) is 24.5 Å². The molecule has 2 aromatic carbocycles. The molecule has 3 aromatic rings. The molecule has 0 aliphatic carbocycles. The largest absolute Gasteiger partial charge is 0.483 e. The standard InChI is InChI=1S/C20H17ClN2O4S/c1-26-20(25)17-10-18(15-8-12(21)6-7-16(15)23-17)27-11-19(24)22-13-4-3-5-14(9-13)28-2/h3-10H,11H2,1-2H3,(H,22,24). The maximum Gasteiger partial charge on any atom is 0.356 e. The van der Waals surface area contributed by atoms with Crippen molar-refractivity contribution >= 4 is 51.8 Å². The Morgan fingerprint density at radius 3 is 2.75 bits per heavy atom. The lowest BCUT2D eigenvalue weighted by molar-refractivity contribution is -0.118. The van der Waals surface area contributed by atoms with Gasteiger partial charge in [0.25, 0.3) is 5.91 Å². The number of thioether (sulfide) groups is 1. The van der Waals surface area contributed by atoms with Crippen molar-refractivity contribution in [2.24, 2.45) is 0 Å². The molecule has 1 N–H and O–H groups in total. The van der Waals surface area contributed by atoms with Gasteiger partial charge in [0.15, 0.2) is 12.3 Å². The fourth-order valence-electron chi connectivity index (χ4n) is 2.54. The first-order valence-electron chi connectivity index (χ1n) is 8.25. The van der Waals surface area contributed by atoms with Gasteiger partial charge < -0.3 is 14.8 Å². The van der Waals surface area contributed by atoms with Crippen LogP contribution in [0.1, 0.15) is 10.5 Å². The SMILES string of the molecule is COC(=O)c1cc(OCC(=O)Nc2cccc(SC)c2)c2cc(Cl)ccc2n1. The molecule has 0 radical (unpaired) electrons. The highest BCUT2D eigenvalue weighted by molar-refractivity contribution is 7.98. The van der Waals surface area contributed by atoms with Crippen LogP contribution in [-0.2, 0) is 9.53 Å². The minimum atomic E-state index is -0.597. The fourth-order valence-corrected chi connectivity index (χ4v) is 3.17. The lowest BCUT2D eigenvalue weighted by atomic mass is 10.2. The van der Waals surface area contributed by atoms with Crippen molar-refractivity contribution in [2.75, 3.05) is 25.3 Å². The molecule has 0 saturated carbocycles. The van der Waals surface area contributed by atoms with Crippen molar-refractivity contribution in [3.05, 3.63) is 59.2 Å². The van der Waals surface area contributed by atoms with Crippen LogP contribution >= 0.6 is 23.4 Å². The number of esters is 1.